The van der Waals surface area contributed by atoms with Crippen LogP contribution in [0.5, 0.6) is 0 Å². The van der Waals surface area contributed by atoms with Gasteiger partial charge in [-0.15, -0.1) is 11.8 Å². The summed E-state index contributed by atoms with van der Waals surface area (Å²) in [6.07, 6.45) is 4.01. The molecule has 1 saturated heterocycles. The Balaban J connectivity index is 1.50. The van der Waals surface area contributed by atoms with Crippen LogP contribution in [0.25, 0.3) is 0 Å². The Bertz CT molecular complexity index is 694. The SMILES string of the molecule is CC[C@@H]1CCCCN1C(=O)COC(=O)C[C@@H]1Sc2ccccc2NC1=O. The molecule has 2 aliphatic rings. The van der Waals surface area contributed by atoms with E-state index in [2.05, 4.69) is 12.2 Å². The van der Waals surface area contributed by atoms with Gasteiger partial charge in [0.05, 0.1) is 17.4 Å². The standard InChI is InChI=1S/C19H24N2O4S/c1-2-13-7-5-6-10-21(13)17(22)12-25-18(23)11-16-19(24)20-14-8-3-4-9-15(14)26-16/h3-4,8-9,13,16H,2,5-7,10-12H2,1H3,(H,20,24)/t13-,16+/m1/s1. The zero-order valence-electron chi connectivity index (χ0n) is 14.9. The zero-order valence-corrected chi connectivity index (χ0v) is 15.7. The van der Waals surface area contributed by atoms with Gasteiger partial charge in [0.15, 0.2) is 6.61 Å². The summed E-state index contributed by atoms with van der Waals surface area (Å²) < 4.78 is 5.17. The van der Waals surface area contributed by atoms with Gasteiger partial charge in [-0.3, -0.25) is 14.4 Å². The quantitative estimate of drug-likeness (QED) is 0.800. The van der Waals surface area contributed by atoms with E-state index in [4.69, 9.17) is 4.74 Å². The molecule has 1 N–H and O–H groups in total. The molecule has 1 aromatic carbocycles. The number of amides is 2. The number of hydrogen-bond donors (Lipinski definition) is 1. The minimum absolute atomic E-state index is 0.0463. The van der Waals surface area contributed by atoms with Gasteiger partial charge in [-0.05, 0) is 37.8 Å². The summed E-state index contributed by atoms with van der Waals surface area (Å²) in [5.74, 6) is -0.870. The van der Waals surface area contributed by atoms with E-state index in [-0.39, 0.29) is 30.9 Å². The largest absolute Gasteiger partial charge is 0.456 e. The number of hydrogen-bond acceptors (Lipinski definition) is 5. The molecule has 7 heteroatoms. The predicted octanol–water partition coefficient (Wildman–Crippen LogP) is 2.82. The van der Waals surface area contributed by atoms with Crippen LogP contribution in [0.1, 0.15) is 39.0 Å². The third kappa shape index (κ3) is 4.38. The van der Waals surface area contributed by atoms with Crippen molar-refractivity contribution in [2.45, 2.75) is 55.2 Å². The van der Waals surface area contributed by atoms with E-state index in [0.29, 0.717) is 0 Å². The van der Waals surface area contributed by atoms with E-state index in [1.54, 1.807) is 0 Å². The first-order valence-electron chi connectivity index (χ1n) is 9.10. The van der Waals surface area contributed by atoms with Gasteiger partial charge in [0.1, 0.15) is 0 Å². The number of likely N-dealkylation sites (tertiary alicyclic amines) is 1. The lowest BCUT2D eigenvalue weighted by molar-refractivity contribution is -0.153. The van der Waals surface area contributed by atoms with E-state index in [1.165, 1.54) is 11.8 Å². The van der Waals surface area contributed by atoms with Crippen LogP contribution in [0, 0.1) is 0 Å². The Morgan fingerprint density at radius 2 is 2.12 bits per heavy atom. The summed E-state index contributed by atoms with van der Waals surface area (Å²) in [5, 5.41) is 2.27. The summed E-state index contributed by atoms with van der Waals surface area (Å²) in [4.78, 5) is 39.4. The molecule has 3 rings (SSSR count). The maximum Gasteiger partial charge on any atom is 0.307 e. The first-order valence-corrected chi connectivity index (χ1v) is 9.98. The Morgan fingerprint density at radius 3 is 2.92 bits per heavy atom. The van der Waals surface area contributed by atoms with Crippen LogP contribution in [0.4, 0.5) is 5.69 Å². The molecular weight excluding hydrogens is 352 g/mol. The van der Waals surface area contributed by atoms with Crippen LogP contribution < -0.4 is 5.32 Å². The maximum atomic E-state index is 12.4. The average molecular weight is 376 g/mol. The highest BCUT2D eigenvalue weighted by Crippen LogP contribution is 2.36. The minimum Gasteiger partial charge on any atom is -0.456 e. The summed E-state index contributed by atoms with van der Waals surface area (Å²) in [7, 11) is 0. The summed E-state index contributed by atoms with van der Waals surface area (Å²) >= 11 is 1.35. The Hall–Kier alpha value is -2.02. The Kier molecular flexibility index (Phi) is 6.19. The fraction of sp³-hybridized carbons (Fsp3) is 0.526. The normalized spacial score (nSPS) is 22.3. The van der Waals surface area contributed by atoms with Crippen molar-refractivity contribution in [2.24, 2.45) is 0 Å². The van der Waals surface area contributed by atoms with E-state index < -0.39 is 11.2 Å². The van der Waals surface area contributed by atoms with E-state index >= 15 is 0 Å². The maximum absolute atomic E-state index is 12.4. The lowest BCUT2D eigenvalue weighted by Gasteiger charge is -2.35. The Labute approximate surface area is 157 Å². The molecule has 2 amide bonds. The molecule has 0 radical (unpaired) electrons. The highest BCUT2D eigenvalue weighted by molar-refractivity contribution is 8.01. The number of piperidine rings is 1. The molecule has 2 atom stereocenters. The van der Waals surface area contributed by atoms with Crippen molar-refractivity contribution in [3.63, 3.8) is 0 Å². The number of thioether (sulfide) groups is 1. The van der Waals surface area contributed by atoms with Crippen molar-refractivity contribution in [1.82, 2.24) is 4.90 Å². The average Bonchev–Trinajstić information content (AvgIpc) is 2.66. The highest BCUT2D eigenvalue weighted by atomic mass is 32.2. The van der Waals surface area contributed by atoms with Gasteiger partial charge in [-0.25, -0.2) is 0 Å². The molecule has 0 aliphatic carbocycles. The number of fused-ring (bicyclic) bond motifs is 1. The fourth-order valence-electron chi connectivity index (χ4n) is 3.42. The first kappa shape index (κ1) is 18.8. The topological polar surface area (TPSA) is 75.7 Å². The van der Waals surface area contributed by atoms with Gasteiger partial charge in [-0.2, -0.15) is 0 Å². The third-order valence-corrected chi connectivity index (χ3v) is 6.11. The second-order valence-electron chi connectivity index (χ2n) is 6.60. The van der Waals surface area contributed by atoms with Crippen molar-refractivity contribution in [2.75, 3.05) is 18.5 Å². The smallest absolute Gasteiger partial charge is 0.307 e. The number of benzene rings is 1. The minimum atomic E-state index is -0.536. The molecule has 1 aromatic rings. The molecule has 140 valence electrons. The number of esters is 1. The monoisotopic (exact) mass is 376 g/mol. The van der Waals surface area contributed by atoms with Gasteiger partial charge in [0.2, 0.25) is 5.91 Å². The molecule has 1 fully saturated rings. The van der Waals surface area contributed by atoms with Crippen molar-refractivity contribution in [3.8, 4) is 0 Å². The van der Waals surface area contributed by atoms with E-state index in [0.717, 1.165) is 42.8 Å². The van der Waals surface area contributed by atoms with Crippen molar-refractivity contribution in [1.29, 1.82) is 0 Å². The van der Waals surface area contributed by atoms with Crippen molar-refractivity contribution >= 4 is 35.2 Å². The van der Waals surface area contributed by atoms with Crippen molar-refractivity contribution in [3.05, 3.63) is 24.3 Å². The van der Waals surface area contributed by atoms with E-state index in [1.807, 2.05) is 29.2 Å². The van der Waals surface area contributed by atoms with Crippen LogP contribution in [0.3, 0.4) is 0 Å². The zero-order chi connectivity index (χ0) is 18.5. The van der Waals surface area contributed by atoms with Gasteiger partial charge < -0.3 is 15.0 Å². The van der Waals surface area contributed by atoms with Crippen LogP contribution in [-0.2, 0) is 19.1 Å². The number of rotatable bonds is 5. The number of nitrogens with one attached hydrogen (secondary N) is 1. The summed E-state index contributed by atoms with van der Waals surface area (Å²) in [6, 6.07) is 7.72. The van der Waals surface area contributed by atoms with Gasteiger partial charge in [-0.1, -0.05) is 19.1 Å². The fourth-order valence-corrected chi connectivity index (χ4v) is 4.51. The predicted molar refractivity (Wildman–Crippen MR) is 99.9 cm³/mol. The number of carbonyl (C=O) groups is 3. The number of nitrogens with zero attached hydrogens (tertiary/aromatic N) is 1. The number of carbonyl (C=O) groups excluding carboxylic acids is 3. The molecule has 2 aliphatic heterocycles. The van der Waals surface area contributed by atoms with Crippen LogP contribution in [0.2, 0.25) is 0 Å². The molecule has 0 saturated carbocycles. The second-order valence-corrected chi connectivity index (χ2v) is 7.85. The van der Waals surface area contributed by atoms with Gasteiger partial charge >= 0.3 is 5.97 Å². The van der Waals surface area contributed by atoms with Gasteiger partial charge in [0, 0.05) is 17.5 Å². The lowest BCUT2D eigenvalue weighted by Crippen LogP contribution is -2.45. The summed E-state index contributed by atoms with van der Waals surface area (Å²) in [6.45, 7) is 2.55. The Morgan fingerprint density at radius 1 is 1.31 bits per heavy atom. The summed E-state index contributed by atoms with van der Waals surface area (Å²) in [5.41, 5.74) is 0.762. The number of para-hydroxylation sites is 1. The van der Waals surface area contributed by atoms with E-state index in [9.17, 15) is 14.4 Å². The van der Waals surface area contributed by atoms with Crippen LogP contribution in [0.15, 0.2) is 29.2 Å². The molecule has 0 spiro atoms. The first-order chi connectivity index (χ1) is 12.6. The molecule has 0 bridgehead atoms. The molecule has 0 unspecified atom stereocenters. The highest BCUT2D eigenvalue weighted by Gasteiger charge is 2.30. The molecule has 2 heterocycles. The number of anilines is 1. The molecule has 6 nitrogen and oxygen atoms in total. The number of ether oxygens (including phenoxy) is 1. The molecule has 26 heavy (non-hydrogen) atoms. The van der Waals surface area contributed by atoms with Gasteiger partial charge in [0.25, 0.3) is 5.91 Å². The van der Waals surface area contributed by atoms with Crippen LogP contribution in [-0.4, -0.2) is 47.1 Å². The van der Waals surface area contributed by atoms with Crippen molar-refractivity contribution < 1.29 is 19.1 Å². The van der Waals surface area contributed by atoms with Crippen LogP contribution >= 0.6 is 11.8 Å². The lowest BCUT2D eigenvalue weighted by atomic mass is 10.00. The molecular formula is C19H24N2O4S. The molecule has 0 aromatic heterocycles. The second kappa shape index (κ2) is 8.58. The third-order valence-electron chi connectivity index (χ3n) is 4.83.